The largest absolute Gasteiger partial charge is 0.354 e. The molecule has 7 heteroatoms. The predicted octanol–water partition coefficient (Wildman–Crippen LogP) is 2.04. The van der Waals surface area contributed by atoms with E-state index < -0.39 is 6.03 Å². The van der Waals surface area contributed by atoms with Gasteiger partial charge in [0.1, 0.15) is 0 Å². The van der Waals surface area contributed by atoms with E-state index >= 15 is 0 Å². The third-order valence-electron chi connectivity index (χ3n) is 2.72. The van der Waals surface area contributed by atoms with E-state index in [9.17, 15) is 9.59 Å². The first-order valence-corrected chi connectivity index (χ1v) is 6.11. The predicted molar refractivity (Wildman–Crippen MR) is 67.2 cm³/mol. The molecule has 2 aromatic rings. The Bertz CT molecular complexity index is 652. The van der Waals surface area contributed by atoms with Gasteiger partial charge in [0.15, 0.2) is 11.4 Å². The Morgan fingerprint density at radius 1 is 1.39 bits per heavy atom. The summed E-state index contributed by atoms with van der Waals surface area (Å²) in [6.07, 6.45) is 0.258. The summed E-state index contributed by atoms with van der Waals surface area (Å²) in [7, 11) is 0. The molecule has 1 fully saturated rings. The van der Waals surface area contributed by atoms with E-state index in [-0.39, 0.29) is 12.3 Å². The fraction of sp³-hybridized carbons (Fsp3) is 0.182. The monoisotopic (exact) mass is 309 g/mol. The van der Waals surface area contributed by atoms with E-state index in [1.165, 1.54) is 4.90 Å². The first-order chi connectivity index (χ1) is 8.65. The second kappa shape index (κ2) is 4.09. The minimum absolute atomic E-state index is 0.258. The lowest BCUT2D eigenvalue weighted by atomic mass is 10.2. The lowest BCUT2D eigenvalue weighted by Gasteiger charge is -2.24. The van der Waals surface area contributed by atoms with Gasteiger partial charge in [-0.05, 0) is 18.2 Å². The van der Waals surface area contributed by atoms with Gasteiger partial charge in [-0.25, -0.2) is 4.79 Å². The van der Waals surface area contributed by atoms with Crippen LogP contribution in [0.4, 0.5) is 10.6 Å². The van der Waals surface area contributed by atoms with Crippen LogP contribution in [0, 0.1) is 0 Å². The molecule has 1 aliphatic heterocycles. The highest BCUT2D eigenvalue weighted by Gasteiger charge is 2.28. The number of fused-ring (bicyclic) bond motifs is 1. The number of rotatable bonds is 1. The van der Waals surface area contributed by atoms with E-state index in [1.807, 2.05) is 12.1 Å². The van der Waals surface area contributed by atoms with Crippen LogP contribution < -0.4 is 10.2 Å². The summed E-state index contributed by atoms with van der Waals surface area (Å²) in [4.78, 5) is 24.2. The molecular formula is C11H8BrN3O3. The summed E-state index contributed by atoms with van der Waals surface area (Å²) in [5.74, 6) is 0.154. The van der Waals surface area contributed by atoms with E-state index in [0.29, 0.717) is 17.9 Å². The van der Waals surface area contributed by atoms with Gasteiger partial charge in [-0.3, -0.25) is 15.0 Å². The fourth-order valence-electron chi connectivity index (χ4n) is 1.86. The van der Waals surface area contributed by atoms with Crippen LogP contribution in [0.2, 0.25) is 0 Å². The molecule has 0 aliphatic carbocycles. The molecule has 1 N–H and O–H groups in total. The third kappa shape index (κ3) is 1.76. The topological polar surface area (TPSA) is 75.4 Å². The molecular weight excluding hydrogens is 302 g/mol. The SMILES string of the molecule is O=C1CCN(c2noc3ccc(Br)cc23)C(=O)N1. The number of hydrogen-bond donors (Lipinski definition) is 1. The van der Waals surface area contributed by atoms with Gasteiger partial charge in [-0.15, -0.1) is 0 Å². The van der Waals surface area contributed by atoms with Crippen molar-refractivity contribution < 1.29 is 14.1 Å². The molecule has 1 aliphatic rings. The highest BCUT2D eigenvalue weighted by atomic mass is 79.9. The van der Waals surface area contributed by atoms with Gasteiger partial charge in [-0.2, -0.15) is 0 Å². The van der Waals surface area contributed by atoms with E-state index in [1.54, 1.807) is 6.07 Å². The van der Waals surface area contributed by atoms with Crippen LogP contribution in [-0.4, -0.2) is 23.6 Å². The van der Waals surface area contributed by atoms with Crippen LogP contribution >= 0.6 is 15.9 Å². The molecule has 0 spiro atoms. The molecule has 18 heavy (non-hydrogen) atoms. The van der Waals surface area contributed by atoms with Gasteiger partial charge >= 0.3 is 6.03 Å². The number of aromatic nitrogens is 1. The minimum Gasteiger partial charge on any atom is -0.354 e. The molecule has 1 aromatic heterocycles. The Hall–Kier alpha value is -1.89. The maximum atomic E-state index is 11.7. The van der Waals surface area contributed by atoms with Crippen LogP contribution in [0.1, 0.15) is 6.42 Å². The van der Waals surface area contributed by atoms with Crippen LogP contribution in [0.3, 0.4) is 0 Å². The Labute approximate surface area is 110 Å². The number of amides is 3. The zero-order valence-corrected chi connectivity index (χ0v) is 10.7. The van der Waals surface area contributed by atoms with Gasteiger partial charge < -0.3 is 4.52 Å². The number of carbonyl (C=O) groups is 2. The van der Waals surface area contributed by atoms with Crippen molar-refractivity contribution in [2.45, 2.75) is 6.42 Å². The number of carbonyl (C=O) groups excluding carboxylic acids is 2. The first-order valence-electron chi connectivity index (χ1n) is 5.31. The van der Waals surface area contributed by atoms with Crippen molar-refractivity contribution in [1.29, 1.82) is 0 Å². The molecule has 0 bridgehead atoms. The molecule has 6 nitrogen and oxygen atoms in total. The first kappa shape index (κ1) is 11.2. The fourth-order valence-corrected chi connectivity index (χ4v) is 2.22. The average Bonchev–Trinajstić information content (AvgIpc) is 2.72. The van der Waals surface area contributed by atoms with Crippen LogP contribution in [0.5, 0.6) is 0 Å². The molecule has 1 aromatic carbocycles. The second-order valence-corrected chi connectivity index (χ2v) is 4.82. The van der Waals surface area contributed by atoms with Crippen molar-refractivity contribution >= 4 is 44.7 Å². The smallest absolute Gasteiger partial charge is 0.329 e. The van der Waals surface area contributed by atoms with Crippen molar-refractivity contribution in [3.63, 3.8) is 0 Å². The molecule has 3 rings (SSSR count). The number of anilines is 1. The Balaban J connectivity index is 2.06. The number of nitrogens with zero attached hydrogens (tertiary/aromatic N) is 2. The zero-order chi connectivity index (χ0) is 12.7. The Morgan fingerprint density at radius 3 is 3.00 bits per heavy atom. The quantitative estimate of drug-likeness (QED) is 0.874. The van der Waals surface area contributed by atoms with Gasteiger partial charge in [-0.1, -0.05) is 21.1 Å². The van der Waals surface area contributed by atoms with Crippen molar-refractivity contribution in [2.75, 3.05) is 11.4 Å². The number of imide groups is 1. The molecule has 92 valence electrons. The van der Waals surface area contributed by atoms with E-state index in [4.69, 9.17) is 4.52 Å². The summed E-state index contributed by atoms with van der Waals surface area (Å²) in [5, 5.41) is 6.88. The van der Waals surface area contributed by atoms with Gasteiger partial charge in [0.05, 0.1) is 5.39 Å². The summed E-state index contributed by atoms with van der Waals surface area (Å²) in [6, 6.07) is 4.95. The molecule has 1 saturated heterocycles. The van der Waals surface area contributed by atoms with Crippen LogP contribution in [0.15, 0.2) is 27.2 Å². The lowest BCUT2D eigenvalue weighted by molar-refractivity contribution is -0.120. The normalized spacial score (nSPS) is 16.2. The zero-order valence-electron chi connectivity index (χ0n) is 9.14. The van der Waals surface area contributed by atoms with Crippen molar-refractivity contribution in [3.8, 4) is 0 Å². The van der Waals surface area contributed by atoms with Crippen molar-refractivity contribution in [2.24, 2.45) is 0 Å². The standard InChI is InChI=1S/C11H8BrN3O3/c12-6-1-2-8-7(5-6)10(14-18-8)15-4-3-9(16)13-11(15)17/h1-2,5H,3-4H2,(H,13,16,17). The molecule has 0 unspecified atom stereocenters. The summed E-state index contributed by atoms with van der Waals surface area (Å²) in [5.41, 5.74) is 0.595. The maximum absolute atomic E-state index is 11.7. The Morgan fingerprint density at radius 2 is 2.22 bits per heavy atom. The minimum atomic E-state index is -0.471. The number of halogens is 1. The molecule has 3 amide bonds. The van der Waals surface area contributed by atoms with E-state index in [2.05, 4.69) is 26.4 Å². The van der Waals surface area contributed by atoms with E-state index in [0.717, 1.165) is 9.86 Å². The highest BCUT2D eigenvalue weighted by Crippen LogP contribution is 2.29. The average molecular weight is 310 g/mol. The number of urea groups is 1. The maximum Gasteiger partial charge on any atom is 0.329 e. The molecule has 0 saturated carbocycles. The molecule has 2 heterocycles. The van der Waals surface area contributed by atoms with Crippen molar-refractivity contribution in [3.05, 3.63) is 22.7 Å². The van der Waals surface area contributed by atoms with Gasteiger partial charge in [0.2, 0.25) is 5.91 Å². The highest BCUT2D eigenvalue weighted by molar-refractivity contribution is 9.10. The summed E-state index contributed by atoms with van der Waals surface area (Å²) < 4.78 is 6.02. The lowest BCUT2D eigenvalue weighted by Crippen LogP contribution is -2.49. The number of hydrogen-bond acceptors (Lipinski definition) is 4. The Kier molecular flexibility index (Phi) is 2.55. The van der Waals surface area contributed by atoms with Crippen LogP contribution in [0.25, 0.3) is 11.0 Å². The summed E-state index contributed by atoms with van der Waals surface area (Å²) in [6.45, 7) is 0.304. The summed E-state index contributed by atoms with van der Waals surface area (Å²) >= 11 is 3.36. The molecule has 0 atom stereocenters. The van der Waals surface area contributed by atoms with Gasteiger partial charge in [0.25, 0.3) is 0 Å². The van der Waals surface area contributed by atoms with Crippen molar-refractivity contribution in [1.82, 2.24) is 10.5 Å². The second-order valence-electron chi connectivity index (χ2n) is 3.90. The number of benzene rings is 1. The molecule has 0 radical (unpaired) electrons. The van der Waals surface area contributed by atoms with Crippen LogP contribution in [-0.2, 0) is 4.79 Å². The number of nitrogens with one attached hydrogen (secondary N) is 1. The van der Waals surface area contributed by atoms with Gasteiger partial charge in [0, 0.05) is 17.4 Å². The third-order valence-corrected chi connectivity index (χ3v) is 3.22.